The number of anilines is 2. The molecule has 0 aromatic carbocycles. The number of aryl methyl sites for hydroxylation is 1. The van der Waals surface area contributed by atoms with Gasteiger partial charge in [-0.3, -0.25) is 0 Å². The van der Waals surface area contributed by atoms with Gasteiger partial charge in [-0.2, -0.15) is 11.3 Å². The van der Waals surface area contributed by atoms with E-state index in [1.165, 1.54) is 17.5 Å². The summed E-state index contributed by atoms with van der Waals surface area (Å²) >= 11 is 5.09. The third-order valence-electron chi connectivity index (χ3n) is 2.33. The average molecular weight is 314 g/mol. The van der Waals surface area contributed by atoms with E-state index in [1.54, 1.807) is 11.3 Å². The van der Waals surface area contributed by atoms with Gasteiger partial charge >= 0.3 is 0 Å². The number of hydrazine groups is 1. The van der Waals surface area contributed by atoms with E-state index in [-0.39, 0.29) is 0 Å². The van der Waals surface area contributed by atoms with Crippen molar-refractivity contribution in [3.63, 3.8) is 0 Å². The van der Waals surface area contributed by atoms with E-state index >= 15 is 0 Å². The van der Waals surface area contributed by atoms with Crippen molar-refractivity contribution in [1.82, 2.24) is 9.97 Å². The molecule has 4 N–H and O–H groups in total. The number of nitrogens with one attached hydrogen (secondary N) is 2. The molecule has 90 valence electrons. The molecule has 0 saturated heterocycles. The predicted octanol–water partition coefficient (Wildman–Crippen LogP) is 2.51. The minimum absolute atomic E-state index is 0.560. The van der Waals surface area contributed by atoms with Gasteiger partial charge in [-0.25, -0.2) is 15.8 Å². The Hall–Kier alpha value is -1.18. The number of halogens is 1. The lowest BCUT2D eigenvalue weighted by atomic mass is 10.2. The summed E-state index contributed by atoms with van der Waals surface area (Å²) in [6.07, 6.45) is 1.46. The summed E-state index contributed by atoms with van der Waals surface area (Å²) in [5.74, 6) is 6.62. The molecule has 5 nitrogen and oxygen atoms in total. The van der Waals surface area contributed by atoms with Crippen molar-refractivity contribution in [2.24, 2.45) is 5.84 Å². The van der Waals surface area contributed by atoms with Crippen LogP contribution in [0.2, 0.25) is 0 Å². The topological polar surface area (TPSA) is 75.9 Å². The van der Waals surface area contributed by atoms with E-state index < -0.39 is 0 Å². The van der Waals surface area contributed by atoms with E-state index in [4.69, 9.17) is 5.84 Å². The SMILES string of the molecule is Cc1cscc1CNc1ncnc(NN)c1Br. The summed E-state index contributed by atoms with van der Waals surface area (Å²) in [5, 5.41) is 7.49. The van der Waals surface area contributed by atoms with Crippen LogP contribution in [0, 0.1) is 6.92 Å². The first-order valence-electron chi connectivity index (χ1n) is 4.95. The molecule has 0 aliphatic rings. The molecule has 7 heteroatoms. The van der Waals surface area contributed by atoms with Gasteiger partial charge in [-0.1, -0.05) is 0 Å². The molecular weight excluding hydrogens is 302 g/mol. The number of nitrogen functional groups attached to an aromatic ring is 1. The van der Waals surface area contributed by atoms with E-state index in [9.17, 15) is 0 Å². The number of thiophene rings is 1. The molecule has 0 radical (unpaired) electrons. The smallest absolute Gasteiger partial charge is 0.159 e. The van der Waals surface area contributed by atoms with Crippen LogP contribution in [0.1, 0.15) is 11.1 Å². The highest BCUT2D eigenvalue weighted by Gasteiger charge is 2.07. The van der Waals surface area contributed by atoms with Crippen LogP contribution >= 0.6 is 27.3 Å². The Labute approximate surface area is 112 Å². The van der Waals surface area contributed by atoms with Crippen molar-refractivity contribution < 1.29 is 0 Å². The molecule has 0 bridgehead atoms. The highest BCUT2D eigenvalue weighted by atomic mass is 79.9. The lowest BCUT2D eigenvalue weighted by Gasteiger charge is -2.09. The monoisotopic (exact) mass is 313 g/mol. The largest absolute Gasteiger partial charge is 0.365 e. The highest BCUT2D eigenvalue weighted by molar-refractivity contribution is 9.10. The number of hydrogen-bond acceptors (Lipinski definition) is 6. The molecular formula is C10H12BrN5S. The van der Waals surface area contributed by atoms with Gasteiger partial charge in [0.05, 0.1) is 0 Å². The summed E-state index contributed by atoms with van der Waals surface area (Å²) in [7, 11) is 0. The first kappa shape index (κ1) is 12.3. The minimum atomic E-state index is 0.560. The molecule has 17 heavy (non-hydrogen) atoms. The highest BCUT2D eigenvalue weighted by Crippen LogP contribution is 2.26. The van der Waals surface area contributed by atoms with E-state index in [1.807, 2.05) is 0 Å². The normalized spacial score (nSPS) is 10.3. The standard InChI is InChI=1S/C10H12BrN5S/c1-6-3-17-4-7(6)2-13-9-8(11)10(16-12)15-5-14-9/h3-5H,2,12H2,1H3,(H2,13,14,15,16). The Kier molecular flexibility index (Phi) is 3.93. The lowest BCUT2D eigenvalue weighted by Crippen LogP contribution is -2.11. The number of rotatable bonds is 4. The van der Waals surface area contributed by atoms with Crippen LogP contribution in [0.4, 0.5) is 11.6 Å². The van der Waals surface area contributed by atoms with Crippen molar-refractivity contribution in [1.29, 1.82) is 0 Å². The average Bonchev–Trinajstić information content (AvgIpc) is 2.74. The second kappa shape index (κ2) is 5.44. The van der Waals surface area contributed by atoms with Gasteiger partial charge in [-0.15, -0.1) is 0 Å². The van der Waals surface area contributed by atoms with Crippen molar-refractivity contribution >= 4 is 38.9 Å². The zero-order valence-corrected chi connectivity index (χ0v) is 11.6. The van der Waals surface area contributed by atoms with Gasteiger partial charge in [0, 0.05) is 6.54 Å². The van der Waals surface area contributed by atoms with E-state index in [0.717, 1.165) is 16.8 Å². The van der Waals surface area contributed by atoms with Crippen LogP contribution < -0.4 is 16.6 Å². The molecule has 0 atom stereocenters. The molecule has 0 unspecified atom stereocenters. The lowest BCUT2D eigenvalue weighted by molar-refractivity contribution is 1.06. The maximum Gasteiger partial charge on any atom is 0.159 e. The Morgan fingerprint density at radius 1 is 1.35 bits per heavy atom. The van der Waals surface area contributed by atoms with Gasteiger partial charge in [0.15, 0.2) is 5.82 Å². The first-order chi connectivity index (χ1) is 8.22. The molecule has 0 aliphatic heterocycles. The molecule has 0 saturated carbocycles. The van der Waals surface area contributed by atoms with Crippen molar-refractivity contribution in [2.45, 2.75) is 13.5 Å². The number of nitrogens with two attached hydrogens (primary N) is 1. The maximum absolute atomic E-state index is 5.34. The van der Waals surface area contributed by atoms with Crippen LogP contribution in [0.3, 0.4) is 0 Å². The second-order valence-electron chi connectivity index (χ2n) is 3.46. The van der Waals surface area contributed by atoms with Gasteiger partial charge < -0.3 is 10.7 Å². The summed E-state index contributed by atoms with van der Waals surface area (Å²) in [6, 6.07) is 0. The molecule has 2 heterocycles. The molecule has 2 aromatic rings. The van der Waals surface area contributed by atoms with Crippen LogP contribution in [-0.2, 0) is 6.54 Å². The Bertz CT molecular complexity index is 513. The zero-order valence-electron chi connectivity index (χ0n) is 9.20. The van der Waals surface area contributed by atoms with E-state index in [2.05, 4.69) is 54.3 Å². The third-order valence-corrected chi connectivity index (χ3v) is 4.00. The molecule has 0 amide bonds. The first-order valence-corrected chi connectivity index (χ1v) is 6.68. The minimum Gasteiger partial charge on any atom is -0.365 e. The van der Waals surface area contributed by atoms with Crippen LogP contribution in [0.25, 0.3) is 0 Å². The molecule has 0 spiro atoms. The summed E-state index contributed by atoms with van der Waals surface area (Å²) in [6.45, 7) is 2.82. The van der Waals surface area contributed by atoms with Gasteiger partial charge in [-0.05, 0) is 44.7 Å². The Balaban J connectivity index is 2.12. The number of hydrogen-bond donors (Lipinski definition) is 3. The maximum atomic E-state index is 5.34. The van der Waals surface area contributed by atoms with Gasteiger partial charge in [0.25, 0.3) is 0 Å². The fourth-order valence-corrected chi connectivity index (χ4v) is 2.66. The molecule has 2 aromatic heterocycles. The van der Waals surface area contributed by atoms with Crippen LogP contribution in [-0.4, -0.2) is 9.97 Å². The third kappa shape index (κ3) is 2.74. The van der Waals surface area contributed by atoms with Crippen molar-refractivity contribution in [3.8, 4) is 0 Å². The van der Waals surface area contributed by atoms with Crippen molar-refractivity contribution in [2.75, 3.05) is 10.7 Å². The summed E-state index contributed by atoms with van der Waals surface area (Å²) in [5.41, 5.74) is 5.05. The van der Waals surface area contributed by atoms with Crippen molar-refractivity contribution in [3.05, 3.63) is 32.7 Å². The van der Waals surface area contributed by atoms with Crippen LogP contribution in [0.15, 0.2) is 21.6 Å². The number of nitrogens with zero attached hydrogens (tertiary/aromatic N) is 2. The molecule has 2 rings (SSSR count). The van der Waals surface area contributed by atoms with Crippen LogP contribution in [0.5, 0.6) is 0 Å². The van der Waals surface area contributed by atoms with E-state index in [0.29, 0.717) is 5.82 Å². The quantitative estimate of drug-likeness (QED) is 0.597. The molecule has 0 fully saturated rings. The van der Waals surface area contributed by atoms with Gasteiger partial charge in [0.2, 0.25) is 0 Å². The molecule has 0 aliphatic carbocycles. The Morgan fingerprint density at radius 2 is 2.12 bits per heavy atom. The number of aromatic nitrogens is 2. The second-order valence-corrected chi connectivity index (χ2v) is 5.00. The van der Waals surface area contributed by atoms with Gasteiger partial charge in [0.1, 0.15) is 16.6 Å². The Morgan fingerprint density at radius 3 is 2.76 bits per heavy atom. The fraction of sp³-hybridized carbons (Fsp3) is 0.200. The zero-order chi connectivity index (χ0) is 12.3. The summed E-state index contributed by atoms with van der Waals surface area (Å²) in [4.78, 5) is 8.14. The predicted molar refractivity (Wildman–Crippen MR) is 73.9 cm³/mol. The fourth-order valence-electron chi connectivity index (χ4n) is 1.34. The summed E-state index contributed by atoms with van der Waals surface area (Å²) < 4.78 is 0.732.